The van der Waals surface area contributed by atoms with Gasteiger partial charge in [0, 0.05) is 17.2 Å². The number of rotatable bonds is 3. The molecule has 2 aliphatic rings. The summed E-state index contributed by atoms with van der Waals surface area (Å²) < 4.78 is 5.63. The van der Waals surface area contributed by atoms with Gasteiger partial charge in [0.1, 0.15) is 5.76 Å². The molecule has 1 N–H and O–H groups in total. The van der Waals surface area contributed by atoms with Gasteiger partial charge in [-0.15, -0.1) is 0 Å². The number of nitrogens with one attached hydrogen (secondary N) is 1. The number of oxazole rings is 1. The Morgan fingerprint density at radius 1 is 1.17 bits per heavy atom. The third-order valence-corrected chi connectivity index (χ3v) is 5.04. The van der Waals surface area contributed by atoms with Crippen molar-refractivity contribution in [2.75, 3.05) is 5.32 Å². The second-order valence-corrected chi connectivity index (χ2v) is 6.61. The van der Waals surface area contributed by atoms with Crippen LogP contribution in [0.25, 0.3) is 11.5 Å². The molecule has 1 fully saturated rings. The SMILES string of the molecule is Cc1nc(-c2ccc(NC(=O)[C@H]3C[C@H]4C=C[C@H]3C4)cc2)oc1C. The van der Waals surface area contributed by atoms with Crippen molar-refractivity contribution in [1.29, 1.82) is 0 Å². The number of hydrogen-bond acceptors (Lipinski definition) is 3. The lowest BCUT2D eigenvalue weighted by Crippen LogP contribution is -2.25. The molecule has 0 radical (unpaired) electrons. The zero-order valence-electron chi connectivity index (χ0n) is 13.4. The minimum Gasteiger partial charge on any atom is -0.441 e. The van der Waals surface area contributed by atoms with Gasteiger partial charge in [-0.2, -0.15) is 0 Å². The summed E-state index contributed by atoms with van der Waals surface area (Å²) in [6.07, 6.45) is 6.58. The largest absolute Gasteiger partial charge is 0.441 e. The van der Waals surface area contributed by atoms with E-state index >= 15 is 0 Å². The number of aromatic nitrogens is 1. The van der Waals surface area contributed by atoms with Gasteiger partial charge in [0.15, 0.2) is 0 Å². The fourth-order valence-corrected chi connectivity index (χ4v) is 3.61. The quantitative estimate of drug-likeness (QED) is 0.868. The standard InChI is InChI=1S/C19H20N2O2/c1-11-12(2)23-19(20-11)14-5-7-16(8-6-14)21-18(22)17-10-13-3-4-15(17)9-13/h3-8,13,15,17H,9-10H2,1-2H3,(H,21,22)/t13-,15-,17-/m0/s1. The van der Waals surface area contributed by atoms with Crippen LogP contribution in [-0.4, -0.2) is 10.9 Å². The van der Waals surface area contributed by atoms with Crippen LogP contribution in [-0.2, 0) is 4.79 Å². The van der Waals surface area contributed by atoms with Gasteiger partial charge in [0.2, 0.25) is 11.8 Å². The summed E-state index contributed by atoms with van der Waals surface area (Å²) in [5.41, 5.74) is 2.65. The molecule has 4 heteroatoms. The molecule has 0 aliphatic heterocycles. The summed E-state index contributed by atoms with van der Waals surface area (Å²) in [6.45, 7) is 3.84. The highest BCUT2D eigenvalue weighted by atomic mass is 16.4. The molecule has 0 spiro atoms. The number of fused-ring (bicyclic) bond motifs is 2. The average molecular weight is 308 g/mol. The van der Waals surface area contributed by atoms with E-state index < -0.39 is 0 Å². The van der Waals surface area contributed by atoms with Crippen molar-refractivity contribution in [2.24, 2.45) is 17.8 Å². The molecule has 4 nitrogen and oxygen atoms in total. The number of nitrogens with zero attached hydrogens (tertiary/aromatic N) is 1. The van der Waals surface area contributed by atoms with Crippen LogP contribution in [0.2, 0.25) is 0 Å². The molecule has 2 aliphatic carbocycles. The van der Waals surface area contributed by atoms with E-state index in [0.29, 0.717) is 17.7 Å². The van der Waals surface area contributed by atoms with Crippen LogP contribution in [0.15, 0.2) is 40.8 Å². The Kier molecular flexibility index (Phi) is 3.33. The molecule has 1 saturated carbocycles. The van der Waals surface area contributed by atoms with Gasteiger partial charge in [0.25, 0.3) is 0 Å². The van der Waals surface area contributed by atoms with Gasteiger partial charge in [-0.05, 0) is 62.8 Å². The smallest absolute Gasteiger partial charge is 0.228 e. The molecule has 1 heterocycles. The molecule has 4 rings (SSSR count). The summed E-state index contributed by atoms with van der Waals surface area (Å²) in [5, 5.41) is 3.04. The molecule has 3 atom stereocenters. The van der Waals surface area contributed by atoms with Crippen LogP contribution in [0.4, 0.5) is 5.69 Å². The lowest BCUT2D eigenvalue weighted by molar-refractivity contribution is -0.120. The van der Waals surface area contributed by atoms with Crippen molar-refractivity contribution >= 4 is 11.6 Å². The van der Waals surface area contributed by atoms with Crippen molar-refractivity contribution in [1.82, 2.24) is 4.98 Å². The van der Waals surface area contributed by atoms with Crippen molar-refractivity contribution in [2.45, 2.75) is 26.7 Å². The Balaban J connectivity index is 1.46. The first-order chi connectivity index (χ1) is 11.1. The molecule has 1 aromatic heterocycles. The molecule has 2 aromatic rings. The zero-order valence-corrected chi connectivity index (χ0v) is 13.4. The average Bonchev–Trinajstić information content (AvgIpc) is 3.25. The van der Waals surface area contributed by atoms with E-state index in [1.54, 1.807) is 0 Å². The number of carbonyl (C=O) groups excluding carboxylic acids is 1. The van der Waals surface area contributed by atoms with E-state index in [-0.39, 0.29) is 11.8 Å². The van der Waals surface area contributed by atoms with Gasteiger partial charge >= 0.3 is 0 Å². The second-order valence-electron chi connectivity index (χ2n) is 6.61. The van der Waals surface area contributed by atoms with E-state index in [0.717, 1.165) is 35.5 Å². The van der Waals surface area contributed by atoms with E-state index in [4.69, 9.17) is 4.42 Å². The molecule has 0 unspecified atom stereocenters. The van der Waals surface area contributed by atoms with E-state index in [2.05, 4.69) is 22.5 Å². The van der Waals surface area contributed by atoms with Crippen LogP contribution >= 0.6 is 0 Å². The summed E-state index contributed by atoms with van der Waals surface area (Å²) in [5.74, 6) is 2.75. The number of carbonyl (C=O) groups is 1. The highest BCUT2D eigenvalue weighted by Crippen LogP contribution is 2.43. The Bertz CT molecular complexity index is 754. The first-order valence-electron chi connectivity index (χ1n) is 8.14. The maximum Gasteiger partial charge on any atom is 0.228 e. The minimum absolute atomic E-state index is 0.127. The predicted octanol–water partition coefficient (Wildman–Crippen LogP) is 4.11. The molecule has 2 bridgehead atoms. The Morgan fingerprint density at radius 3 is 2.52 bits per heavy atom. The topological polar surface area (TPSA) is 55.1 Å². The van der Waals surface area contributed by atoms with E-state index in [1.807, 2.05) is 38.1 Å². The maximum atomic E-state index is 12.4. The van der Waals surface area contributed by atoms with Gasteiger partial charge in [-0.25, -0.2) is 4.98 Å². The lowest BCUT2D eigenvalue weighted by Gasteiger charge is -2.17. The van der Waals surface area contributed by atoms with E-state index in [1.165, 1.54) is 0 Å². The van der Waals surface area contributed by atoms with Crippen molar-refractivity contribution < 1.29 is 9.21 Å². The normalized spacial score (nSPS) is 25.0. The lowest BCUT2D eigenvalue weighted by atomic mass is 9.93. The number of aryl methyl sites for hydroxylation is 2. The van der Waals surface area contributed by atoms with Gasteiger partial charge < -0.3 is 9.73 Å². The van der Waals surface area contributed by atoms with Crippen molar-refractivity contribution in [3.63, 3.8) is 0 Å². The molecule has 1 aromatic carbocycles. The maximum absolute atomic E-state index is 12.4. The van der Waals surface area contributed by atoms with Crippen LogP contribution in [0.5, 0.6) is 0 Å². The minimum atomic E-state index is 0.127. The molecular formula is C19H20N2O2. The fraction of sp³-hybridized carbons (Fsp3) is 0.368. The van der Waals surface area contributed by atoms with Gasteiger partial charge in [0.05, 0.1) is 5.69 Å². The number of benzene rings is 1. The highest BCUT2D eigenvalue weighted by Gasteiger charge is 2.39. The first kappa shape index (κ1) is 14.2. The van der Waals surface area contributed by atoms with Crippen LogP contribution in [0, 0.1) is 31.6 Å². The number of hydrogen-bond donors (Lipinski definition) is 1. The zero-order chi connectivity index (χ0) is 16.0. The molecule has 118 valence electrons. The van der Waals surface area contributed by atoms with Gasteiger partial charge in [-0.3, -0.25) is 4.79 Å². The summed E-state index contributed by atoms with van der Waals surface area (Å²) >= 11 is 0. The third-order valence-electron chi connectivity index (χ3n) is 5.04. The van der Waals surface area contributed by atoms with Crippen molar-refractivity contribution in [3.05, 3.63) is 47.9 Å². The summed E-state index contributed by atoms with van der Waals surface area (Å²) in [6, 6.07) is 7.68. The van der Waals surface area contributed by atoms with Crippen molar-refractivity contribution in [3.8, 4) is 11.5 Å². The molecule has 1 amide bonds. The van der Waals surface area contributed by atoms with Crippen LogP contribution < -0.4 is 5.32 Å². The predicted molar refractivity (Wildman–Crippen MR) is 88.9 cm³/mol. The summed E-state index contributed by atoms with van der Waals surface area (Å²) in [4.78, 5) is 16.8. The molecular weight excluding hydrogens is 288 g/mol. The Morgan fingerprint density at radius 2 is 1.96 bits per heavy atom. The fourth-order valence-electron chi connectivity index (χ4n) is 3.61. The number of allylic oxidation sites excluding steroid dienone is 2. The number of amides is 1. The Labute approximate surface area is 135 Å². The van der Waals surface area contributed by atoms with Crippen LogP contribution in [0.1, 0.15) is 24.3 Å². The first-order valence-corrected chi connectivity index (χ1v) is 8.14. The highest BCUT2D eigenvalue weighted by molar-refractivity contribution is 5.93. The molecule has 23 heavy (non-hydrogen) atoms. The van der Waals surface area contributed by atoms with Gasteiger partial charge in [-0.1, -0.05) is 12.2 Å². The Hall–Kier alpha value is -2.36. The van der Waals surface area contributed by atoms with E-state index in [9.17, 15) is 4.79 Å². The monoisotopic (exact) mass is 308 g/mol. The second kappa shape index (κ2) is 5.37. The number of anilines is 1. The third kappa shape index (κ3) is 2.58. The molecule has 0 saturated heterocycles. The van der Waals surface area contributed by atoms with Crippen LogP contribution in [0.3, 0.4) is 0 Å². The summed E-state index contributed by atoms with van der Waals surface area (Å²) in [7, 11) is 0.